The summed E-state index contributed by atoms with van der Waals surface area (Å²) >= 11 is 0. The fourth-order valence-corrected chi connectivity index (χ4v) is 5.20. The van der Waals surface area contributed by atoms with Crippen LogP contribution in [0.4, 0.5) is 23.2 Å². The Labute approximate surface area is 219 Å². The van der Waals surface area contributed by atoms with Gasteiger partial charge in [0.1, 0.15) is 12.4 Å². The number of anilines is 1. The molecule has 6 nitrogen and oxygen atoms in total. The van der Waals surface area contributed by atoms with Gasteiger partial charge in [0.15, 0.2) is 17.5 Å². The molecular weight excluding hydrogens is 502 g/mol. The number of likely N-dealkylation sites (tertiary alicyclic amines) is 1. The van der Waals surface area contributed by atoms with Crippen LogP contribution in [0.3, 0.4) is 0 Å². The Morgan fingerprint density at radius 3 is 2.47 bits per heavy atom. The van der Waals surface area contributed by atoms with Gasteiger partial charge in [0.25, 0.3) is 0 Å². The molecule has 4 rings (SSSR count). The number of ether oxygens (including phenoxy) is 1. The van der Waals surface area contributed by atoms with E-state index in [4.69, 9.17) is 4.74 Å². The molecule has 0 saturated carbocycles. The number of piperidine rings is 1. The SMILES string of the molecule is COc1ccc2ncc(CF)c([C@H](O)CCC3(CO)CCN(CCNc4cc(F)c(F)c(F)c4)CC3)c2c1. The highest BCUT2D eigenvalue weighted by atomic mass is 19.2. The Hall–Kier alpha value is -2.95. The van der Waals surface area contributed by atoms with Gasteiger partial charge in [-0.05, 0) is 68.0 Å². The summed E-state index contributed by atoms with van der Waals surface area (Å²) in [5.41, 5.74) is 1.28. The Bertz CT molecular complexity index is 1220. The van der Waals surface area contributed by atoms with E-state index in [9.17, 15) is 27.8 Å². The van der Waals surface area contributed by atoms with Crippen molar-refractivity contribution in [3.8, 4) is 5.75 Å². The second-order valence-corrected chi connectivity index (χ2v) is 9.95. The molecule has 1 atom stereocenters. The lowest BCUT2D eigenvalue weighted by molar-refractivity contribution is 0.0247. The van der Waals surface area contributed by atoms with Crippen LogP contribution in [-0.2, 0) is 6.67 Å². The first kappa shape index (κ1) is 28.1. The minimum absolute atomic E-state index is 0.0270. The van der Waals surface area contributed by atoms with Gasteiger partial charge in [0, 0.05) is 54.7 Å². The predicted molar refractivity (Wildman–Crippen MR) is 137 cm³/mol. The summed E-state index contributed by atoms with van der Waals surface area (Å²) in [6.45, 7) is 1.65. The zero-order chi connectivity index (χ0) is 27.3. The smallest absolute Gasteiger partial charge is 0.194 e. The van der Waals surface area contributed by atoms with Crippen molar-refractivity contribution in [3.05, 3.63) is 65.1 Å². The van der Waals surface area contributed by atoms with Crippen molar-refractivity contribution in [1.29, 1.82) is 0 Å². The first-order valence-corrected chi connectivity index (χ1v) is 12.7. The van der Waals surface area contributed by atoms with Gasteiger partial charge in [-0.3, -0.25) is 4.98 Å². The quantitative estimate of drug-likeness (QED) is 0.234. The van der Waals surface area contributed by atoms with Gasteiger partial charge in [-0.1, -0.05) is 0 Å². The largest absolute Gasteiger partial charge is 0.497 e. The van der Waals surface area contributed by atoms with Crippen LogP contribution < -0.4 is 10.1 Å². The lowest BCUT2D eigenvalue weighted by atomic mass is 9.74. The van der Waals surface area contributed by atoms with Crippen LogP contribution in [-0.4, -0.2) is 60.0 Å². The van der Waals surface area contributed by atoms with E-state index in [1.54, 1.807) is 25.3 Å². The third-order valence-corrected chi connectivity index (χ3v) is 7.62. The van der Waals surface area contributed by atoms with Crippen LogP contribution in [0, 0.1) is 22.9 Å². The number of halogens is 4. The highest BCUT2D eigenvalue weighted by Crippen LogP contribution is 2.40. The molecule has 1 fully saturated rings. The van der Waals surface area contributed by atoms with Gasteiger partial charge in [0.05, 0.1) is 18.7 Å². The molecule has 1 aliphatic heterocycles. The lowest BCUT2D eigenvalue weighted by Crippen LogP contribution is -2.43. The number of aromatic nitrogens is 1. The maximum Gasteiger partial charge on any atom is 0.194 e. The molecule has 0 spiro atoms. The number of benzene rings is 2. The van der Waals surface area contributed by atoms with Crippen molar-refractivity contribution in [3.63, 3.8) is 0 Å². The average molecular weight is 536 g/mol. The van der Waals surface area contributed by atoms with Gasteiger partial charge in [-0.15, -0.1) is 0 Å². The summed E-state index contributed by atoms with van der Waals surface area (Å²) < 4.78 is 59.1. The van der Waals surface area contributed by atoms with E-state index in [1.807, 2.05) is 0 Å². The maximum absolute atomic E-state index is 13.8. The van der Waals surface area contributed by atoms with Crippen molar-refractivity contribution >= 4 is 16.6 Å². The molecule has 38 heavy (non-hydrogen) atoms. The number of hydrogen-bond acceptors (Lipinski definition) is 6. The summed E-state index contributed by atoms with van der Waals surface area (Å²) in [5, 5.41) is 25.0. The number of aliphatic hydroxyl groups is 2. The number of nitrogens with zero attached hydrogens (tertiary/aromatic N) is 2. The van der Waals surface area contributed by atoms with Gasteiger partial charge >= 0.3 is 0 Å². The summed E-state index contributed by atoms with van der Waals surface area (Å²) in [6.07, 6.45) is 2.85. The fraction of sp³-hybridized carbons (Fsp3) is 0.464. The van der Waals surface area contributed by atoms with E-state index in [0.717, 1.165) is 12.1 Å². The monoisotopic (exact) mass is 535 g/mol. The molecule has 0 bridgehead atoms. The fourth-order valence-electron chi connectivity index (χ4n) is 5.20. The summed E-state index contributed by atoms with van der Waals surface area (Å²) in [4.78, 5) is 6.48. The summed E-state index contributed by atoms with van der Waals surface area (Å²) in [6, 6.07) is 7.14. The molecule has 206 valence electrons. The number of rotatable bonds is 11. The summed E-state index contributed by atoms with van der Waals surface area (Å²) in [7, 11) is 1.54. The Balaban J connectivity index is 1.34. The van der Waals surface area contributed by atoms with Gasteiger partial charge in [-0.25, -0.2) is 17.6 Å². The van der Waals surface area contributed by atoms with Crippen molar-refractivity contribution in [2.24, 2.45) is 5.41 Å². The van der Waals surface area contributed by atoms with Gasteiger partial charge in [-0.2, -0.15) is 0 Å². The highest BCUT2D eigenvalue weighted by Gasteiger charge is 2.34. The van der Waals surface area contributed by atoms with E-state index in [-0.39, 0.29) is 17.7 Å². The van der Waals surface area contributed by atoms with Crippen LogP contribution in [0.25, 0.3) is 10.9 Å². The molecular formula is C28H33F4N3O3. The number of aliphatic hydroxyl groups excluding tert-OH is 2. The molecule has 1 aliphatic rings. The normalized spacial score (nSPS) is 16.5. The number of pyridine rings is 1. The number of alkyl halides is 1. The molecule has 0 unspecified atom stereocenters. The molecule has 2 aromatic carbocycles. The number of hydrogen-bond donors (Lipinski definition) is 3. The van der Waals surface area contributed by atoms with Gasteiger partial charge < -0.3 is 25.2 Å². The van der Waals surface area contributed by atoms with Crippen molar-refractivity contribution in [1.82, 2.24) is 9.88 Å². The third-order valence-electron chi connectivity index (χ3n) is 7.62. The summed E-state index contributed by atoms with van der Waals surface area (Å²) in [5.74, 6) is -3.38. The maximum atomic E-state index is 13.8. The topological polar surface area (TPSA) is 77.8 Å². The first-order valence-electron chi connectivity index (χ1n) is 12.7. The van der Waals surface area contributed by atoms with Crippen LogP contribution in [0.15, 0.2) is 36.5 Å². The number of fused-ring (bicyclic) bond motifs is 1. The minimum Gasteiger partial charge on any atom is -0.497 e. The van der Waals surface area contributed by atoms with Crippen LogP contribution in [0.2, 0.25) is 0 Å². The van der Waals surface area contributed by atoms with Crippen molar-refractivity contribution in [2.45, 2.75) is 38.5 Å². The number of nitrogens with one attached hydrogen (secondary N) is 1. The molecule has 1 saturated heterocycles. The zero-order valence-electron chi connectivity index (χ0n) is 21.3. The predicted octanol–water partition coefficient (Wildman–Crippen LogP) is 5.13. The Morgan fingerprint density at radius 1 is 1.13 bits per heavy atom. The average Bonchev–Trinajstić information content (AvgIpc) is 2.94. The molecule has 3 N–H and O–H groups in total. The van der Waals surface area contributed by atoms with Crippen molar-refractivity contribution < 1.29 is 32.5 Å². The third kappa shape index (κ3) is 6.19. The van der Waals surface area contributed by atoms with E-state index in [1.165, 1.54) is 6.20 Å². The van der Waals surface area contributed by atoms with E-state index in [0.29, 0.717) is 79.6 Å². The molecule has 1 aromatic heterocycles. The lowest BCUT2D eigenvalue weighted by Gasteiger charge is -2.41. The molecule has 0 aliphatic carbocycles. The Kier molecular flexibility index (Phi) is 9.07. The molecule has 0 amide bonds. The first-order chi connectivity index (χ1) is 18.3. The van der Waals surface area contributed by atoms with E-state index < -0.39 is 30.2 Å². The van der Waals surface area contributed by atoms with Crippen LogP contribution in [0.1, 0.15) is 42.9 Å². The molecule has 2 heterocycles. The van der Waals surface area contributed by atoms with E-state index in [2.05, 4.69) is 15.2 Å². The number of methoxy groups -OCH3 is 1. The zero-order valence-corrected chi connectivity index (χ0v) is 21.3. The minimum atomic E-state index is -1.49. The van der Waals surface area contributed by atoms with Crippen LogP contribution >= 0.6 is 0 Å². The van der Waals surface area contributed by atoms with Gasteiger partial charge in [0.2, 0.25) is 0 Å². The second-order valence-electron chi connectivity index (χ2n) is 9.95. The second kappa shape index (κ2) is 12.3. The standard InChI is InChI=1S/C28H33F4N3O3/c1-38-20-2-3-24-21(14-20)26(18(15-29)16-34-24)25(37)4-5-28(17-36)6-9-35(10-7-28)11-8-33-19-12-22(30)27(32)23(31)13-19/h2-3,12-14,16,25,33,36-37H,4-11,15,17H2,1H3/t25-/m1/s1. The highest BCUT2D eigenvalue weighted by molar-refractivity contribution is 5.85. The van der Waals surface area contributed by atoms with Crippen molar-refractivity contribution in [2.75, 3.05) is 45.2 Å². The molecule has 3 aromatic rings. The molecule has 10 heteroatoms. The Morgan fingerprint density at radius 2 is 1.84 bits per heavy atom. The van der Waals surface area contributed by atoms with Crippen LogP contribution in [0.5, 0.6) is 5.75 Å². The molecule has 0 radical (unpaired) electrons. The van der Waals surface area contributed by atoms with E-state index >= 15 is 0 Å².